The standard InChI is InChI=1S/C33H28Cl2F6N2O7/c1-43-22(13-25(42-43)33(39,40)41)19-7-9-24(49-15-16-2-5-18(34)6-3-16)26(17-4-8-21(35)20(12-17)32(36,37)38)28(19)50-30(48)31(10-11-31)29(47)27(46)23(45)14-44/h2-9,12-13,23,27,29,44-47H,10-11,14-15H2,1H3. The van der Waals surface area contributed by atoms with E-state index < -0.39 is 70.7 Å². The first-order valence-electron chi connectivity index (χ1n) is 14.8. The molecule has 9 nitrogen and oxygen atoms in total. The van der Waals surface area contributed by atoms with Gasteiger partial charge in [-0.3, -0.25) is 9.48 Å². The van der Waals surface area contributed by atoms with Crippen molar-refractivity contribution >= 4 is 29.2 Å². The second-order valence-corrected chi connectivity index (χ2v) is 12.5. The quantitative estimate of drug-likeness (QED) is 0.0783. The van der Waals surface area contributed by atoms with Crippen LogP contribution in [-0.2, 0) is 30.8 Å². The van der Waals surface area contributed by atoms with Crippen molar-refractivity contribution in [1.82, 2.24) is 9.78 Å². The number of benzene rings is 3. The highest BCUT2D eigenvalue weighted by Gasteiger charge is 2.60. The Labute approximate surface area is 290 Å². The average molecular weight is 749 g/mol. The number of aliphatic hydroxyl groups is 4. The van der Waals surface area contributed by atoms with Crippen LogP contribution in [0.25, 0.3) is 22.4 Å². The van der Waals surface area contributed by atoms with E-state index in [1.165, 1.54) is 19.2 Å². The molecule has 3 atom stereocenters. The molecule has 1 aliphatic rings. The highest BCUT2D eigenvalue weighted by Crippen LogP contribution is 2.54. The maximum Gasteiger partial charge on any atom is 0.435 e. The van der Waals surface area contributed by atoms with Gasteiger partial charge in [0, 0.05) is 17.6 Å². The molecule has 17 heteroatoms. The van der Waals surface area contributed by atoms with Crippen molar-refractivity contribution in [3.05, 3.63) is 87.5 Å². The minimum atomic E-state index is -4.96. The number of aryl methyl sites for hydroxylation is 1. The van der Waals surface area contributed by atoms with Gasteiger partial charge in [0.1, 0.15) is 24.6 Å². The van der Waals surface area contributed by atoms with E-state index in [1.807, 2.05) is 0 Å². The van der Waals surface area contributed by atoms with E-state index in [4.69, 9.17) is 32.7 Å². The lowest BCUT2D eigenvalue weighted by atomic mass is 9.91. The molecule has 3 aromatic carbocycles. The maximum atomic E-state index is 14.1. The lowest BCUT2D eigenvalue weighted by Gasteiger charge is -2.28. The van der Waals surface area contributed by atoms with Crippen LogP contribution in [0.5, 0.6) is 11.5 Å². The maximum absolute atomic E-state index is 14.1. The van der Waals surface area contributed by atoms with Gasteiger partial charge in [-0.05, 0) is 66.4 Å². The van der Waals surface area contributed by atoms with E-state index in [9.17, 15) is 51.6 Å². The van der Waals surface area contributed by atoms with Crippen molar-refractivity contribution in [2.45, 2.75) is 50.1 Å². The number of nitrogens with zero attached hydrogens (tertiary/aromatic N) is 2. The molecule has 0 amide bonds. The number of aromatic nitrogens is 2. The second-order valence-electron chi connectivity index (χ2n) is 11.7. The molecule has 0 saturated heterocycles. The number of hydrogen-bond donors (Lipinski definition) is 4. The molecular formula is C33H28Cl2F6N2O7. The summed E-state index contributed by atoms with van der Waals surface area (Å²) >= 11 is 11.9. The average Bonchev–Trinajstić information content (AvgIpc) is 3.78. The minimum absolute atomic E-state index is 0.0806. The summed E-state index contributed by atoms with van der Waals surface area (Å²) in [6.45, 7) is -1.15. The van der Waals surface area contributed by atoms with Crippen LogP contribution in [0.2, 0.25) is 10.0 Å². The van der Waals surface area contributed by atoms with Crippen molar-refractivity contribution in [2.24, 2.45) is 12.5 Å². The van der Waals surface area contributed by atoms with Gasteiger partial charge in [-0.15, -0.1) is 0 Å². The second kappa shape index (κ2) is 14.0. The Morgan fingerprint density at radius 3 is 2.18 bits per heavy atom. The zero-order chi connectivity index (χ0) is 36.8. The van der Waals surface area contributed by atoms with Gasteiger partial charge in [0.25, 0.3) is 0 Å². The fourth-order valence-corrected chi connectivity index (χ4v) is 5.71. The van der Waals surface area contributed by atoms with Gasteiger partial charge in [-0.25, -0.2) is 0 Å². The molecule has 5 rings (SSSR count). The number of rotatable bonds is 11. The van der Waals surface area contributed by atoms with Gasteiger partial charge >= 0.3 is 18.3 Å². The molecule has 0 radical (unpaired) electrons. The lowest BCUT2D eigenvalue weighted by molar-refractivity contribution is -0.154. The number of aliphatic hydroxyl groups excluding tert-OH is 4. The lowest BCUT2D eigenvalue weighted by Crippen LogP contribution is -2.48. The summed E-state index contributed by atoms with van der Waals surface area (Å²) in [4.78, 5) is 13.9. The number of esters is 1. The SMILES string of the molecule is Cn1nc(C(F)(F)F)cc1-c1ccc(OCc2ccc(Cl)cc2)c(-c2ccc(Cl)c(C(F)(F)F)c2)c1OC(=O)C1(C(O)C(O)C(O)CO)CC1. The van der Waals surface area contributed by atoms with Crippen LogP contribution in [-0.4, -0.2) is 61.1 Å². The molecule has 1 heterocycles. The van der Waals surface area contributed by atoms with E-state index >= 15 is 0 Å². The molecule has 0 aliphatic heterocycles. The Bertz CT molecular complexity index is 1880. The molecule has 4 aromatic rings. The van der Waals surface area contributed by atoms with Gasteiger partial charge in [0.2, 0.25) is 0 Å². The number of carbonyl (C=O) groups is 1. The number of hydrogen-bond acceptors (Lipinski definition) is 8. The highest BCUT2D eigenvalue weighted by atomic mass is 35.5. The predicted molar refractivity (Wildman–Crippen MR) is 167 cm³/mol. The van der Waals surface area contributed by atoms with Gasteiger partial charge in [0.15, 0.2) is 11.4 Å². The van der Waals surface area contributed by atoms with Crippen molar-refractivity contribution in [3.63, 3.8) is 0 Å². The van der Waals surface area contributed by atoms with E-state index in [2.05, 4.69) is 5.10 Å². The molecule has 268 valence electrons. The molecule has 1 aliphatic carbocycles. The molecule has 50 heavy (non-hydrogen) atoms. The summed E-state index contributed by atoms with van der Waals surface area (Å²) in [6, 6.07) is 12.2. The van der Waals surface area contributed by atoms with Crippen LogP contribution in [0.15, 0.2) is 60.7 Å². The summed E-state index contributed by atoms with van der Waals surface area (Å²) in [7, 11) is 1.17. The van der Waals surface area contributed by atoms with Crippen molar-refractivity contribution < 1.29 is 61.0 Å². The minimum Gasteiger partial charge on any atom is -0.488 e. The van der Waals surface area contributed by atoms with Crippen molar-refractivity contribution in [3.8, 4) is 33.9 Å². The first-order valence-corrected chi connectivity index (χ1v) is 15.5. The molecular weight excluding hydrogens is 721 g/mol. The third-order valence-electron chi connectivity index (χ3n) is 8.29. The third kappa shape index (κ3) is 7.57. The Morgan fingerprint density at radius 2 is 1.62 bits per heavy atom. The van der Waals surface area contributed by atoms with Crippen LogP contribution in [0.4, 0.5) is 26.3 Å². The van der Waals surface area contributed by atoms with Crippen LogP contribution >= 0.6 is 23.2 Å². The van der Waals surface area contributed by atoms with Crippen LogP contribution in [0.3, 0.4) is 0 Å². The summed E-state index contributed by atoms with van der Waals surface area (Å²) in [5.41, 5.74) is -4.96. The molecule has 1 aromatic heterocycles. The molecule has 1 fully saturated rings. The zero-order valence-corrected chi connectivity index (χ0v) is 27.3. The van der Waals surface area contributed by atoms with Crippen LogP contribution < -0.4 is 9.47 Å². The Morgan fingerprint density at radius 1 is 0.960 bits per heavy atom. The summed E-state index contributed by atoms with van der Waals surface area (Å²) in [5, 5.41) is 43.7. The Hall–Kier alpha value is -3.86. The molecule has 1 saturated carbocycles. The molecule has 0 spiro atoms. The normalized spacial score (nSPS) is 16.1. The Kier molecular flexibility index (Phi) is 10.5. The van der Waals surface area contributed by atoms with E-state index in [1.54, 1.807) is 24.3 Å². The fraction of sp³-hybridized carbons (Fsp3) is 0.333. The summed E-state index contributed by atoms with van der Waals surface area (Å²) < 4.78 is 96.0. The van der Waals surface area contributed by atoms with Crippen LogP contribution in [0, 0.1) is 5.41 Å². The molecule has 3 unspecified atom stereocenters. The highest BCUT2D eigenvalue weighted by molar-refractivity contribution is 6.31. The van der Waals surface area contributed by atoms with Gasteiger partial charge < -0.3 is 29.9 Å². The summed E-state index contributed by atoms with van der Waals surface area (Å²) in [6.07, 6.45) is -15.9. The molecule has 0 bridgehead atoms. The molecule has 4 N–H and O–H groups in total. The van der Waals surface area contributed by atoms with E-state index in [0.29, 0.717) is 22.7 Å². The van der Waals surface area contributed by atoms with Crippen molar-refractivity contribution in [2.75, 3.05) is 6.61 Å². The van der Waals surface area contributed by atoms with Gasteiger partial charge in [-0.1, -0.05) is 41.4 Å². The first kappa shape index (κ1) is 37.4. The van der Waals surface area contributed by atoms with Crippen molar-refractivity contribution in [1.29, 1.82) is 0 Å². The van der Waals surface area contributed by atoms with E-state index in [0.717, 1.165) is 16.8 Å². The monoisotopic (exact) mass is 748 g/mol. The zero-order valence-electron chi connectivity index (χ0n) is 25.8. The van der Waals surface area contributed by atoms with E-state index in [-0.39, 0.29) is 47.6 Å². The largest absolute Gasteiger partial charge is 0.488 e. The smallest absolute Gasteiger partial charge is 0.435 e. The number of carbonyl (C=O) groups excluding carboxylic acids is 1. The van der Waals surface area contributed by atoms with Gasteiger partial charge in [-0.2, -0.15) is 31.4 Å². The number of alkyl halides is 6. The summed E-state index contributed by atoms with van der Waals surface area (Å²) in [5.74, 6) is -1.96. The fourth-order valence-electron chi connectivity index (χ4n) is 5.36. The topological polar surface area (TPSA) is 134 Å². The number of halogens is 8. The van der Waals surface area contributed by atoms with Gasteiger partial charge in [0.05, 0.1) is 40.0 Å². The third-order valence-corrected chi connectivity index (χ3v) is 8.88. The Balaban J connectivity index is 1.74. The first-order chi connectivity index (χ1) is 23.4. The van der Waals surface area contributed by atoms with Crippen LogP contribution in [0.1, 0.15) is 29.7 Å². The predicted octanol–water partition coefficient (Wildman–Crippen LogP) is 6.44. The number of ether oxygens (including phenoxy) is 2.